The summed E-state index contributed by atoms with van der Waals surface area (Å²) in [6, 6.07) is 6.38. The van der Waals surface area contributed by atoms with Crippen LogP contribution in [0.2, 0.25) is 10.0 Å². The van der Waals surface area contributed by atoms with Crippen LogP contribution in [0, 0.1) is 5.92 Å². The van der Waals surface area contributed by atoms with Gasteiger partial charge in [-0.05, 0) is 70.1 Å². The number of likely N-dealkylation sites (tertiary alicyclic amines) is 1. The van der Waals surface area contributed by atoms with Gasteiger partial charge in [-0.3, -0.25) is 4.90 Å². The highest BCUT2D eigenvalue weighted by atomic mass is 35.5. The minimum atomic E-state index is 0.408. The zero-order valence-corrected chi connectivity index (χ0v) is 13.1. The van der Waals surface area contributed by atoms with Crippen molar-refractivity contribution in [1.82, 2.24) is 10.2 Å². The van der Waals surface area contributed by atoms with Crippen LogP contribution in [0.1, 0.15) is 31.4 Å². The molecule has 106 valence electrons. The van der Waals surface area contributed by atoms with E-state index in [1.165, 1.54) is 18.4 Å². The first-order valence-corrected chi connectivity index (χ1v) is 7.71. The fraction of sp³-hybridized carbons (Fsp3) is 0.600. The molecule has 0 aliphatic carbocycles. The maximum Gasteiger partial charge on any atom is 0.0595 e. The summed E-state index contributed by atoms with van der Waals surface area (Å²) in [5.74, 6) is 0.822. The molecule has 0 aromatic heterocycles. The first-order valence-electron chi connectivity index (χ1n) is 6.95. The number of benzene rings is 1. The Morgan fingerprint density at radius 2 is 1.95 bits per heavy atom. The molecule has 1 heterocycles. The molecule has 1 fully saturated rings. The van der Waals surface area contributed by atoms with E-state index in [2.05, 4.69) is 23.2 Å². The highest BCUT2D eigenvalue weighted by Crippen LogP contribution is 2.30. The van der Waals surface area contributed by atoms with Gasteiger partial charge >= 0.3 is 0 Å². The van der Waals surface area contributed by atoms with Crippen molar-refractivity contribution in [2.75, 3.05) is 26.7 Å². The van der Waals surface area contributed by atoms with Gasteiger partial charge in [-0.1, -0.05) is 29.3 Å². The maximum absolute atomic E-state index is 6.10. The molecule has 2 nitrogen and oxygen atoms in total. The lowest BCUT2D eigenvalue weighted by atomic mass is 9.94. The molecule has 0 spiro atoms. The molecule has 1 N–H and O–H groups in total. The predicted molar refractivity (Wildman–Crippen MR) is 83.1 cm³/mol. The molecule has 19 heavy (non-hydrogen) atoms. The second-order valence-electron chi connectivity index (χ2n) is 5.39. The number of nitrogens with one attached hydrogen (secondary N) is 1. The third-order valence-corrected chi connectivity index (χ3v) is 4.85. The van der Waals surface area contributed by atoms with E-state index in [-0.39, 0.29) is 0 Å². The Balaban J connectivity index is 1.97. The van der Waals surface area contributed by atoms with Gasteiger partial charge in [0.2, 0.25) is 0 Å². The largest absolute Gasteiger partial charge is 0.319 e. The van der Waals surface area contributed by atoms with Gasteiger partial charge in [0.05, 0.1) is 10.0 Å². The first kappa shape index (κ1) is 15.1. The fourth-order valence-electron chi connectivity index (χ4n) is 2.82. The van der Waals surface area contributed by atoms with Crippen LogP contribution in [0.3, 0.4) is 0 Å². The molecule has 1 unspecified atom stereocenters. The number of rotatable bonds is 4. The average Bonchev–Trinajstić information content (AvgIpc) is 2.42. The SMILES string of the molecule is CNCC1CCN(C(C)c2ccc(Cl)c(Cl)c2)CC1. The molecule has 1 aromatic rings. The van der Waals surface area contributed by atoms with E-state index < -0.39 is 0 Å². The predicted octanol–water partition coefficient (Wildman–Crippen LogP) is 3.99. The van der Waals surface area contributed by atoms with Gasteiger partial charge in [-0.15, -0.1) is 0 Å². The molecule has 1 aliphatic rings. The molecular weight excluding hydrogens is 279 g/mol. The lowest BCUT2D eigenvalue weighted by Crippen LogP contribution is -2.38. The van der Waals surface area contributed by atoms with Gasteiger partial charge in [0, 0.05) is 6.04 Å². The molecule has 1 aliphatic heterocycles. The van der Waals surface area contributed by atoms with E-state index in [4.69, 9.17) is 23.2 Å². The van der Waals surface area contributed by atoms with Crippen LogP contribution in [0.15, 0.2) is 18.2 Å². The summed E-state index contributed by atoms with van der Waals surface area (Å²) in [6.07, 6.45) is 2.54. The van der Waals surface area contributed by atoms with E-state index in [1.54, 1.807) is 0 Å². The van der Waals surface area contributed by atoms with E-state index in [0.717, 1.165) is 25.6 Å². The van der Waals surface area contributed by atoms with Gasteiger partial charge in [0.1, 0.15) is 0 Å². The Morgan fingerprint density at radius 1 is 1.26 bits per heavy atom. The van der Waals surface area contributed by atoms with Crippen LogP contribution >= 0.6 is 23.2 Å². The zero-order valence-electron chi connectivity index (χ0n) is 11.6. The minimum absolute atomic E-state index is 0.408. The topological polar surface area (TPSA) is 15.3 Å². The summed E-state index contributed by atoms with van der Waals surface area (Å²) in [7, 11) is 2.03. The number of halogens is 2. The summed E-state index contributed by atoms with van der Waals surface area (Å²) in [5.41, 5.74) is 1.25. The third kappa shape index (κ3) is 3.85. The van der Waals surface area contributed by atoms with Crippen molar-refractivity contribution >= 4 is 23.2 Å². The van der Waals surface area contributed by atoms with E-state index >= 15 is 0 Å². The normalized spacial score (nSPS) is 19.6. The molecule has 0 bridgehead atoms. The summed E-state index contributed by atoms with van der Waals surface area (Å²) in [6.45, 7) is 5.70. The molecular formula is C15H22Cl2N2. The van der Waals surface area contributed by atoms with Gasteiger partial charge in [0.25, 0.3) is 0 Å². The van der Waals surface area contributed by atoms with Crippen LogP contribution in [0.4, 0.5) is 0 Å². The molecule has 0 saturated carbocycles. The Kier molecular flexibility index (Phi) is 5.52. The molecule has 1 saturated heterocycles. The number of nitrogens with zero attached hydrogens (tertiary/aromatic N) is 1. The second-order valence-corrected chi connectivity index (χ2v) is 6.20. The molecule has 0 radical (unpaired) electrons. The zero-order chi connectivity index (χ0) is 13.8. The van der Waals surface area contributed by atoms with Crippen molar-refractivity contribution in [1.29, 1.82) is 0 Å². The molecule has 0 amide bonds. The summed E-state index contributed by atoms with van der Waals surface area (Å²) in [5, 5.41) is 4.56. The van der Waals surface area contributed by atoms with Gasteiger partial charge in [0.15, 0.2) is 0 Å². The molecule has 4 heteroatoms. The van der Waals surface area contributed by atoms with E-state index in [1.807, 2.05) is 19.2 Å². The summed E-state index contributed by atoms with van der Waals surface area (Å²) >= 11 is 12.1. The smallest absolute Gasteiger partial charge is 0.0595 e. The van der Waals surface area contributed by atoms with Crippen LogP contribution < -0.4 is 5.32 Å². The first-order chi connectivity index (χ1) is 9.11. The number of hydrogen-bond donors (Lipinski definition) is 1. The molecule has 2 rings (SSSR count). The van der Waals surface area contributed by atoms with E-state index in [9.17, 15) is 0 Å². The van der Waals surface area contributed by atoms with Crippen molar-refractivity contribution in [2.45, 2.75) is 25.8 Å². The lowest BCUT2D eigenvalue weighted by molar-refractivity contribution is 0.141. The van der Waals surface area contributed by atoms with Crippen LogP contribution in [0.25, 0.3) is 0 Å². The summed E-state index contributed by atoms with van der Waals surface area (Å²) in [4.78, 5) is 2.53. The highest BCUT2D eigenvalue weighted by molar-refractivity contribution is 6.42. The van der Waals surface area contributed by atoms with Crippen molar-refractivity contribution in [2.24, 2.45) is 5.92 Å². The van der Waals surface area contributed by atoms with Gasteiger partial charge in [-0.25, -0.2) is 0 Å². The van der Waals surface area contributed by atoms with E-state index in [0.29, 0.717) is 16.1 Å². The average molecular weight is 301 g/mol. The monoisotopic (exact) mass is 300 g/mol. The van der Waals surface area contributed by atoms with Crippen molar-refractivity contribution in [3.05, 3.63) is 33.8 Å². The Labute approximate surface area is 126 Å². The van der Waals surface area contributed by atoms with Gasteiger partial charge < -0.3 is 5.32 Å². The Hall–Kier alpha value is -0.280. The molecule has 1 aromatic carbocycles. The fourth-order valence-corrected chi connectivity index (χ4v) is 3.12. The number of hydrogen-bond acceptors (Lipinski definition) is 2. The van der Waals surface area contributed by atoms with Crippen LogP contribution in [0.5, 0.6) is 0 Å². The van der Waals surface area contributed by atoms with Crippen LogP contribution in [-0.4, -0.2) is 31.6 Å². The lowest BCUT2D eigenvalue weighted by Gasteiger charge is -2.36. The standard InChI is InChI=1S/C15H22Cl2N2/c1-11(13-3-4-14(16)15(17)9-13)19-7-5-12(6-8-19)10-18-2/h3-4,9,11-12,18H,5-8,10H2,1-2H3. The Morgan fingerprint density at radius 3 is 2.53 bits per heavy atom. The maximum atomic E-state index is 6.10. The quantitative estimate of drug-likeness (QED) is 0.904. The van der Waals surface area contributed by atoms with Crippen molar-refractivity contribution in [3.63, 3.8) is 0 Å². The third-order valence-electron chi connectivity index (χ3n) is 4.12. The van der Waals surface area contributed by atoms with Crippen molar-refractivity contribution in [3.8, 4) is 0 Å². The van der Waals surface area contributed by atoms with Crippen molar-refractivity contribution < 1.29 is 0 Å². The highest BCUT2D eigenvalue weighted by Gasteiger charge is 2.23. The molecule has 1 atom stereocenters. The Bertz CT molecular complexity index is 415. The minimum Gasteiger partial charge on any atom is -0.319 e. The second kappa shape index (κ2) is 6.94. The van der Waals surface area contributed by atoms with Gasteiger partial charge in [-0.2, -0.15) is 0 Å². The van der Waals surface area contributed by atoms with Crippen LogP contribution in [-0.2, 0) is 0 Å². The number of piperidine rings is 1. The summed E-state index contributed by atoms with van der Waals surface area (Å²) < 4.78 is 0.